The molecule has 0 radical (unpaired) electrons. The first kappa shape index (κ1) is 23.1. The van der Waals surface area contributed by atoms with E-state index in [4.69, 9.17) is 20.8 Å². The molecule has 1 aromatic rings. The number of hydrogen-bond donors (Lipinski definition) is 0. The van der Waals surface area contributed by atoms with E-state index in [1.54, 1.807) is 4.90 Å². The zero-order valence-electron chi connectivity index (χ0n) is 18.1. The van der Waals surface area contributed by atoms with Gasteiger partial charge in [0.1, 0.15) is 5.60 Å². The molecule has 2 unspecified atom stereocenters. The van der Waals surface area contributed by atoms with Crippen molar-refractivity contribution in [1.29, 1.82) is 0 Å². The number of ether oxygens (including phenoxy) is 1. The molecule has 2 rings (SSSR count). The van der Waals surface area contributed by atoms with Crippen LogP contribution in [0, 0.1) is 5.82 Å². The van der Waals surface area contributed by atoms with Crippen LogP contribution in [0.2, 0.25) is 23.2 Å². The first-order valence-electron chi connectivity index (χ1n) is 9.59. The van der Waals surface area contributed by atoms with E-state index in [1.165, 1.54) is 6.20 Å². The molecule has 158 valence electrons. The van der Waals surface area contributed by atoms with E-state index in [0.29, 0.717) is 18.5 Å². The van der Waals surface area contributed by atoms with Crippen LogP contribution in [0.15, 0.2) is 12.4 Å². The van der Waals surface area contributed by atoms with Gasteiger partial charge in [-0.25, -0.2) is 9.18 Å². The number of carbonyl (C=O) groups excluding carboxylic acids is 1. The fourth-order valence-corrected chi connectivity index (χ4v) is 4.54. The summed E-state index contributed by atoms with van der Waals surface area (Å²) in [5.41, 5.74) is -0.155. The molecular weight excluding hydrogens is 399 g/mol. The van der Waals surface area contributed by atoms with Crippen LogP contribution >= 0.6 is 11.6 Å². The second-order valence-electron chi connectivity index (χ2n) is 9.91. The van der Waals surface area contributed by atoms with Crippen molar-refractivity contribution in [3.05, 3.63) is 28.8 Å². The van der Waals surface area contributed by atoms with Gasteiger partial charge in [0, 0.05) is 18.3 Å². The minimum atomic E-state index is -2.04. The van der Waals surface area contributed by atoms with E-state index in [9.17, 15) is 9.18 Å². The second kappa shape index (κ2) is 7.92. The summed E-state index contributed by atoms with van der Waals surface area (Å²) in [5.74, 6) is -0.600. The fourth-order valence-electron chi connectivity index (χ4n) is 2.96. The minimum absolute atomic E-state index is 0.0125. The highest BCUT2D eigenvalue weighted by Gasteiger charge is 2.45. The summed E-state index contributed by atoms with van der Waals surface area (Å²) < 4.78 is 26.1. The number of hydrogen-bond acceptors (Lipinski definition) is 4. The van der Waals surface area contributed by atoms with Crippen LogP contribution in [-0.2, 0) is 9.16 Å². The van der Waals surface area contributed by atoms with E-state index in [1.807, 2.05) is 20.8 Å². The number of nitrogens with zero attached hydrogens (tertiary/aromatic N) is 2. The number of likely N-dealkylation sites (tertiary alicyclic amines) is 1. The van der Waals surface area contributed by atoms with Gasteiger partial charge in [-0.15, -0.1) is 0 Å². The molecule has 1 aliphatic heterocycles. The highest BCUT2D eigenvalue weighted by Crippen LogP contribution is 2.42. The van der Waals surface area contributed by atoms with Crippen LogP contribution in [0.1, 0.15) is 59.6 Å². The highest BCUT2D eigenvalue weighted by molar-refractivity contribution is 6.74. The normalized spacial score (nSPS) is 21.1. The maximum atomic E-state index is 14.0. The molecule has 1 fully saturated rings. The number of carbonyl (C=O) groups is 1. The Labute approximate surface area is 173 Å². The van der Waals surface area contributed by atoms with Gasteiger partial charge < -0.3 is 9.16 Å². The van der Waals surface area contributed by atoms with Crippen molar-refractivity contribution in [2.45, 2.75) is 83.8 Å². The molecule has 1 saturated heterocycles. The van der Waals surface area contributed by atoms with Crippen LogP contribution in [0.5, 0.6) is 0 Å². The monoisotopic (exact) mass is 430 g/mol. The van der Waals surface area contributed by atoms with Gasteiger partial charge >= 0.3 is 6.09 Å². The lowest BCUT2D eigenvalue weighted by Gasteiger charge is -2.38. The van der Waals surface area contributed by atoms with E-state index in [2.05, 4.69) is 38.8 Å². The summed E-state index contributed by atoms with van der Waals surface area (Å²) >= 11 is 6.20. The van der Waals surface area contributed by atoms with Crippen molar-refractivity contribution >= 4 is 26.0 Å². The summed E-state index contributed by atoms with van der Waals surface area (Å²) in [6, 6.07) is -0.444. The van der Waals surface area contributed by atoms with Crippen molar-refractivity contribution in [3.8, 4) is 0 Å². The van der Waals surface area contributed by atoms with Gasteiger partial charge in [0.05, 0.1) is 23.4 Å². The van der Waals surface area contributed by atoms with Crippen LogP contribution in [0.4, 0.5) is 9.18 Å². The lowest BCUT2D eigenvalue weighted by atomic mass is 10.1. The Bertz CT molecular complexity index is 731. The van der Waals surface area contributed by atoms with Crippen molar-refractivity contribution in [3.63, 3.8) is 0 Å². The maximum Gasteiger partial charge on any atom is 0.410 e. The van der Waals surface area contributed by atoms with Crippen LogP contribution in [0.3, 0.4) is 0 Å². The summed E-state index contributed by atoms with van der Waals surface area (Å²) in [6.07, 6.45) is 2.48. The van der Waals surface area contributed by atoms with Gasteiger partial charge in [-0.2, -0.15) is 0 Å². The molecule has 0 spiro atoms. The lowest BCUT2D eigenvalue weighted by Crippen LogP contribution is -2.45. The molecule has 1 amide bonds. The van der Waals surface area contributed by atoms with Gasteiger partial charge in [-0.3, -0.25) is 9.88 Å². The molecule has 8 heteroatoms. The van der Waals surface area contributed by atoms with Crippen molar-refractivity contribution in [2.24, 2.45) is 0 Å². The molecular formula is C20H32ClFN2O3Si. The van der Waals surface area contributed by atoms with Crippen LogP contribution < -0.4 is 0 Å². The van der Waals surface area contributed by atoms with Crippen molar-refractivity contribution in [2.75, 3.05) is 6.54 Å². The van der Waals surface area contributed by atoms with E-state index in [-0.39, 0.29) is 16.2 Å². The molecule has 0 bridgehead atoms. The summed E-state index contributed by atoms with van der Waals surface area (Å²) in [4.78, 5) is 18.4. The Morgan fingerprint density at radius 2 is 1.86 bits per heavy atom. The Balaban J connectivity index is 2.34. The molecule has 28 heavy (non-hydrogen) atoms. The smallest absolute Gasteiger partial charge is 0.410 e. The quantitative estimate of drug-likeness (QED) is 0.556. The minimum Gasteiger partial charge on any atom is -0.444 e. The molecule has 1 aliphatic rings. The largest absolute Gasteiger partial charge is 0.444 e. The Hall–Kier alpha value is -1.18. The molecule has 1 aromatic heterocycles. The number of aromatic nitrogens is 1. The second-order valence-corrected chi connectivity index (χ2v) is 15.0. The van der Waals surface area contributed by atoms with Gasteiger partial charge in [0.25, 0.3) is 0 Å². The lowest BCUT2D eigenvalue weighted by molar-refractivity contribution is 0.0208. The van der Waals surface area contributed by atoms with Gasteiger partial charge in [0.2, 0.25) is 0 Å². The third kappa shape index (κ3) is 5.24. The molecule has 0 aliphatic carbocycles. The maximum absolute atomic E-state index is 14.0. The van der Waals surface area contributed by atoms with Crippen molar-refractivity contribution < 1.29 is 18.3 Å². The third-order valence-corrected chi connectivity index (χ3v) is 10.3. The fraction of sp³-hybridized carbons (Fsp3) is 0.700. The predicted octanol–water partition coefficient (Wildman–Crippen LogP) is 5.95. The number of amides is 1. The molecule has 2 atom stereocenters. The summed E-state index contributed by atoms with van der Waals surface area (Å²) in [5, 5.41) is 0.0291. The van der Waals surface area contributed by atoms with E-state index < -0.39 is 31.9 Å². The Kier molecular flexibility index (Phi) is 6.53. The number of rotatable bonds is 3. The van der Waals surface area contributed by atoms with Gasteiger partial charge in [-0.1, -0.05) is 32.4 Å². The highest BCUT2D eigenvalue weighted by atomic mass is 35.5. The molecule has 5 nitrogen and oxygen atoms in total. The Morgan fingerprint density at radius 3 is 2.39 bits per heavy atom. The topological polar surface area (TPSA) is 51.7 Å². The standard InChI is InChI=1S/C20H32ClFN2O3Si/c1-19(2,3)26-18(25)24-12-13(27-28(7,8)20(4,5)6)9-16(24)14-10-23-11-15(22)17(14)21/h10-11,13,16H,9,12H2,1-8H3. The zero-order chi connectivity index (χ0) is 21.5. The van der Waals surface area contributed by atoms with Gasteiger partial charge in [-0.05, 0) is 45.3 Å². The molecule has 0 aromatic carbocycles. The average molecular weight is 431 g/mol. The van der Waals surface area contributed by atoms with E-state index in [0.717, 1.165) is 6.20 Å². The first-order valence-corrected chi connectivity index (χ1v) is 12.9. The summed E-state index contributed by atoms with van der Waals surface area (Å²) in [7, 11) is -2.04. The third-order valence-electron chi connectivity index (χ3n) is 5.38. The van der Waals surface area contributed by atoms with Gasteiger partial charge in [0.15, 0.2) is 14.1 Å². The first-order chi connectivity index (χ1) is 12.6. The van der Waals surface area contributed by atoms with Crippen molar-refractivity contribution in [1.82, 2.24) is 9.88 Å². The van der Waals surface area contributed by atoms with E-state index >= 15 is 0 Å². The molecule has 0 N–H and O–H groups in total. The van der Waals surface area contributed by atoms with Crippen LogP contribution in [-0.4, -0.2) is 42.5 Å². The average Bonchev–Trinajstić information content (AvgIpc) is 2.90. The number of pyridine rings is 1. The molecule has 2 heterocycles. The van der Waals surface area contributed by atoms with Crippen LogP contribution in [0.25, 0.3) is 0 Å². The predicted molar refractivity (Wildman–Crippen MR) is 112 cm³/mol. The molecule has 0 saturated carbocycles. The SMILES string of the molecule is CC(C)(C)OC(=O)N1CC(O[Si](C)(C)C(C)(C)C)CC1c1cncc(F)c1Cl. The number of halogens is 2. The zero-order valence-corrected chi connectivity index (χ0v) is 19.9. The Morgan fingerprint density at radius 1 is 1.25 bits per heavy atom. The summed E-state index contributed by atoms with van der Waals surface area (Å²) in [6.45, 7) is 16.7.